The molecule has 0 bridgehead atoms. The predicted molar refractivity (Wildman–Crippen MR) is 113 cm³/mol. The number of hydrogen-bond donors (Lipinski definition) is 2. The fourth-order valence-electron chi connectivity index (χ4n) is 3.96. The molecule has 2 aromatic rings. The van der Waals surface area contributed by atoms with Crippen LogP contribution >= 0.6 is 0 Å². The fraction of sp³-hybridized carbons (Fsp3) is 0.458. The summed E-state index contributed by atoms with van der Waals surface area (Å²) in [5, 5.41) is 6.55. The van der Waals surface area contributed by atoms with Crippen LogP contribution in [0.3, 0.4) is 0 Å². The molecule has 0 aliphatic carbocycles. The van der Waals surface area contributed by atoms with Crippen LogP contribution in [0.4, 0.5) is 0 Å². The number of nitrogens with one attached hydrogen (secondary N) is 2. The molecule has 3 heteroatoms. The first kappa shape index (κ1) is 19.6. The van der Waals surface area contributed by atoms with E-state index >= 15 is 0 Å². The van der Waals surface area contributed by atoms with E-state index in [1.165, 1.54) is 40.7 Å². The molecule has 0 aromatic heterocycles. The van der Waals surface area contributed by atoms with Crippen molar-refractivity contribution in [3.05, 3.63) is 59.2 Å². The van der Waals surface area contributed by atoms with Gasteiger partial charge in [0.2, 0.25) is 5.91 Å². The Balaban J connectivity index is 1.76. The molecule has 1 aliphatic heterocycles. The van der Waals surface area contributed by atoms with Gasteiger partial charge >= 0.3 is 0 Å². The van der Waals surface area contributed by atoms with Crippen LogP contribution < -0.4 is 10.6 Å². The maximum absolute atomic E-state index is 11.8. The summed E-state index contributed by atoms with van der Waals surface area (Å²) in [5.74, 6) is 0.785. The Morgan fingerprint density at radius 3 is 2.74 bits per heavy atom. The largest absolute Gasteiger partial charge is 0.356 e. The molecule has 2 aromatic carbocycles. The monoisotopic (exact) mass is 364 g/mol. The zero-order valence-electron chi connectivity index (χ0n) is 16.8. The molecule has 1 heterocycles. The Kier molecular flexibility index (Phi) is 6.68. The number of carbonyl (C=O) groups is 1. The second-order valence-corrected chi connectivity index (χ2v) is 7.97. The van der Waals surface area contributed by atoms with Crippen molar-refractivity contribution in [1.82, 2.24) is 10.6 Å². The van der Waals surface area contributed by atoms with Gasteiger partial charge in [0.25, 0.3) is 0 Å². The average Bonchev–Trinajstić information content (AvgIpc) is 2.68. The van der Waals surface area contributed by atoms with Gasteiger partial charge in [-0.05, 0) is 66.5 Å². The summed E-state index contributed by atoms with van der Waals surface area (Å²) in [6.07, 6.45) is 3.39. The molecule has 0 radical (unpaired) electrons. The quantitative estimate of drug-likeness (QED) is 0.795. The minimum Gasteiger partial charge on any atom is -0.356 e. The molecule has 0 unspecified atom stereocenters. The Labute approximate surface area is 163 Å². The number of hydrogen-bond acceptors (Lipinski definition) is 2. The van der Waals surface area contributed by atoms with Gasteiger partial charge in [0.15, 0.2) is 0 Å². The molecule has 1 saturated heterocycles. The molecule has 1 atom stereocenters. The highest BCUT2D eigenvalue weighted by molar-refractivity contribution is 5.77. The molecule has 1 aliphatic rings. The smallest absolute Gasteiger partial charge is 0.222 e. The number of rotatable bonds is 6. The highest BCUT2D eigenvalue weighted by Crippen LogP contribution is 2.31. The van der Waals surface area contributed by atoms with Crippen molar-refractivity contribution >= 4 is 5.91 Å². The zero-order chi connectivity index (χ0) is 19.2. The van der Waals surface area contributed by atoms with Gasteiger partial charge < -0.3 is 10.6 Å². The number of amides is 1. The lowest BCUT2D eigenvalue weighted by Gasteiger charge is -2.25. The SMILES string of the molecule is Cc1cc(-c2ccccc2CCNC(=O)C(C)C)ccc1[C@@H]1CCCNC1. The van der Waals surface area contributed by atoms with E-state index in [-0.39, 0.29) is 11.8 Å². The van der Waals surface area contributed by atoms with E-state index in [0.717, 1.165) is 19.5 Å². The topological polar surface area (TPSA) is 41.1 Å². The van der Waals surface area contributed by atoms with E-state index in [4.69, 9.17) is 0 Å². The molecule has 2 N–H and O–H groups in total. The van der Waals surface area contributed by atoms with Crippen LogP contribution in [0.25, 0.3) is 11.1 Å². The second-order valence-electron chi connectivity index (χ2n) is 7.97. The summed E-state index contributed by atoms with van der Waals surface area (Å²) < 4.78 is 0. The lowest BCUT2D eigenvalue weighted by molar-refractivity contribution is -0.123. The third-order valence-electron chi connectivity index (χ3n) is 5.55. The summed E-state index contributed by atoms with van der Waals surface area (Å²) in [6.45, 7) is 9.00. The van der Waals surface area contributed by atoms with Crippen LogP contribution in [0.15, 0.2) is 42.5 Å². The molecule has 27 heavy (non-hydrogen) atoms. The third-order valence-corrected chi connectivity index (χ3v) is 5.55. The van der Waals surface area contributed by atoms with Crippen LogP contribution in [-0.4, -0.2) is 25.5 Å². The first-order valence-electron chi connectivity index (χ1n) is 10.2. The van der Waals surface area contributed by atoms with Crippen LogP contribution in [0.5, 0.6) is 0 Å². The van der Waals surface area contributed by atoms with Crippen molar-refractivity contribution in [2.24, 2.45) is 5.92 Å². The molecule has 144 valence electrons. The van der Waals surface area contributed by atoms with Crippen molar-refractivity contribution in [1.29, 1.82) is 0 Å². The fourth-order valence-corrected chi connectivity index (χ4v) is 3.96. The van der Waals surface area contributed by atoms with Gasteiger partial charge in [-0.1, -0.05) is 56.3 Å². The first-order valence-corrected chi connectivity index (χ1v) is 10.2. The maximum Gasteiger partial charge on any atom is 0.222 e. The molecule has 0 saturated carbocycles. The van der Waals surface area contributed by atoms with Crippen molar-refractivity contribution < 1.29 is 4.79 Å². The van der Waals surface area contributed by atoms with Crippen molar-refractivity contribution in [3.8, 4) is 11.1 Å². The standard InChI is InChI=1S/C24H32N2O/c1-17(2)24(27)26-14-12-19-7-4-5-9-23(19)20-10-11-22(18(3)15-20)21-8-6-13-25-16-21/h4-5,7,9-11,15,17,21,25H,6,8,12-14,16H2,1-3H3,(H,26,27)/t21-/m1/s1. The molecule has 1 fully saturated rings. The normalized spacial score (nSPS) is 17.1. The summed E-state index contributed by atoms with van der Waals surface area (Å²) in [7, 11) is 0. The summed E-state index contributed by atoms with van der Waals surface area (Å²) >= 11 is 0. The van der Waals surface area contributed by atoms with Crippen LogP contribution in [0, 0.1) is 12.8 Å². The van der Waals surface area contributed by atoms with Crippen molar-refractivity contribution in [3.63, 3.8) is 0 Å². The Bertz CT molecular complexity index is 776. The Morgan fingerprint density at radius 1 is 1.22 bits per heavy atom. The van der Waals surface area contributed by atoms with Gasteiger partial charge in [-0.25, -0.2) is 0 Å². The Morgan fingerprint density at radius 2 is 2.04 bits per heavy atom. The zero-order valence-corrected chi connectivity index (χ0v) is 16.8. The van der Waals surface area contributed by atoms with Crippen molar-refractivity contribution in [2.75, 3.05) is 19.6 Å². The van der Waals surface area contributed by atoms with E-state index < -0.39 is 0 Å². The molecule has 1 amide bonds. The van der Waals surface area contributed by atoms with Crippen LogP contribution in [-0.2, 0) is 11.2 Å². The third kappa shape index (κ3) is 4.98. The summed E-state index contributed by atoms with van der Waals surface area (Å²) in [5.41, 5.74) is 6.68. The number of piperidine rings is 1. The van der Waals surface area contributed by atoms with Gasteiger partial charge in [0.1, 0.15) is 0 Å². The highest BCUT2D eigenvalue weighted by atomic mass is 16.1. The lowest BCUT2D eigenvalue weighted by Crippen LogP contribution is -2.29. The lowest BCUT2D eigenvalue weighted by atomic mass is 9.86. The van der Waals surface area contributed by atoms with E-state index in [1.807, 2.05) is 13.8 Å². The van der Waals surface area contributed by atoms with Crippen molar-refractivity contribution in [2.45, 2.75) is 46.0 Å². The van der Waals surface area contributed by atoms with E-state index in [2.05, 4.69) is 60.0 Å². The molecule has 3 rings (SSSR count). The van der Waals surface area contributed by atoms with Gasteiger partial charge in [-0.15, -0.1) is 0 Å². The van der Waals surface area contributed by atoms with Crippen LogP contribution in [0.2, 0.25) is 0 Å². The van der Waals surface area contributed by atoms with E-state index in [1.54, 1.807) is 0 Å². The summed E-state index contributed by atoms with van der Waals surface area (Å²) in [6, 6.07) is 15.5. The number of carbonyl (C=O) groups excluding carboxylic acids is 1. The van der Waals surface area contributed by atoms with E-state index in [9.17, 15) is 4.79 Å². The van der Waals surface area contributed by atoms with Gasteiger partial charge in [-0.3, -0.25) is 4.79 Å². The second kappa shape index (κ2) is 9.18. The molecule has 0 spiro atoms. The minimum atomic E-state index is 0.0321. The minimum absolute atomic E-state index is 0.0321. The molecule has 3 nitrogen and oxygen atoms in total. The van der Waals surface area contributed by atoms with Crippen LogP contribution in [0.1, 0.15) is 49.3 Å². The number of benzene rings is 2. The number of aryl methyl sites for hydroxylation is 1. The van der Waals surface area contributed by atoms with E-state index in [0.29, 0.717) is 12.5 Å². The van der Waals surface area contributed by atoms with Gasteiger partial charge in [0.05, 0.1) is 0 Å². The Hall–Kier alpha value is -2.13. The van der Waals surface area contributed by atoms with Gasteiger partial charge in [-0.2, -0.15) is 0 Å². The first-order chi connectivity index (χ1) is 13.1. The molecular weight excluding hydrogens is 332 g/mol. The highest BCUT2D eigenvalue weighted by Gasteiger charge is 2.17. The molecular formula is C24H32N2O. The average molecular weight is 365 g/mol. The summed E-state index contributed by atoms with van der Waals surface area (Å²) in [4.78, 5) is 11.8. The predicted octanol–water partition coefficient (Wildman–Crippen LogP) is 4.44. The maximum atomic E-state index is 11.8. The van der Waals surface area contributed by atoms with Gasteiger partial charge in [0, 0.05) is 19.0 Å².